The van der Waals surface area contributed by atoms with E-state index in [1.165, 1.54) is 0 Å². The maximum absolute atomic E-state index is 5.89. The van der Waals surface area contributed by atoms with Crippen molar-refractivity contribution < 1.29 is 0 Å². The highest BCUT2D eigenvalue weighted by Gasteiger charge is 2.06. The lowest BCUT2D eigenvalue weighted by Gasteiger charge is -2.15. The Labute approximate surface area is 79.3 Å². The van der Waals surface area contributed by atoms with Crippen molar-refractivity contribution in [3.63, 3.8) is 0 Å². The minimum Gasteiger partial charge on any atom is -0.375 e. The molecule has 2 nitrogen and oxygen atoms in total. The van der Waals surface area contributed by atoms with Crippen LogP contribution in [0.5, 0.6) is 0 Å². The quantitative estimate of drug-likeness (QED) is 0.744. The average Bonchev–Trinajstić information content (AvgIpc) is 1.85. The Morgan fingerprint density at radius 1 is 1.45 bits per heavy atom. The summed E-state index contributed by atoms with van der Waals surface area (Å²) >= 11 is 9.25. The third kappa shape index (κ3) is 1.84. The molecule has 11 heavy (non-hydrogen) atoms. The van der Waals surface area contributed by atoms with Crippen molar-refractivity contribution in [3.8, 4) is 0 Å². The predicted molar refractivity (Wildman–Crippen MR) is 51.3 cm³/mol. The Morgan fingerprint density at radius 2 is 2.09 bits per heavy atom. The number of rotatable bonds is 1. The summed E-state index contributed by atoms with van der Waals surface area (Å²) in [7, 11) is 3.87. The second-order valence-electron chi connectivity index (χ2n) is 2.35. The third-order valence-corrected chi connectivity index (χ3v) is 2.13. The standard InChI is InChI=1S/C7H8BrClN2/c1-11(2)7-5(8)3-10-4-6(7)9/h3-4H,1-2H3. The van der Waals surface area contributed by atoms with Crippen LogP contribution in [0.15, 0.2) is 16.9 Å². The van der Waals surface area contributed by atoms with E-state index in [0.29, 0.717) is 5.02 Å². The lowest BCUT2D eigenvalue weighted by atomic mass is 10.4. The maximum Gasteiger partial charge on any atom is 0.0834 e. The van der Waals surface area contributed by atoms with Gasteiger partial charge in [0.15, 0.2) is 0 Å². The van der Waals surface area contributed by atoms with Crippen LogP contribution in [0.25, 0.3) is 0 Å². The van der Waals surface area contributed by atoms with Gasteiger partial charge in [0.25, 0.3) is 0 Å². The van der Waals surface area contributed by atoms with Crippen LogP contribution >= 0.6 is 27.5 Å². The van der Waals surface area contributed by atoms with Crippen molar-refractivity contribution in [1.29, 1.82) is 0 Å². The normalized spacial score (nSPS) is 9.82. The second-order valence-corrected chi connectivity index (χ2v) is 3.61. The monoisotopic (exact) mass is 234 g/mol. The Balaban J connectivity index is 3.21. The zero-order valence-corrected chi connectivity index (χ0v) is 8.65. The van der Waals surface area contributed by atoms with Gasteiger partial charge in [0.2, 0.25) is 0 Å². The van der Waals surface area contributed by atoms with Gasteiger partial charge in [-0.1, -0.05) is 11.6 Å². The summed E-state index contributed by atoms with van der Waals surface area (Å²) in [6.07, 6.45) is 3.35. The fourth-order valence-corrected chi connectivity index (χ4v) is 1.96. The van der Waals surface area contributed by atoms with Gasteiger partial charge in [0, 0.05) is 26.5 Å². The van der Waals surface area contributed by atoms with Gasteiger partial charge in [-0.15, -0.1) is 0 Å². The average molecular weight is 236 g/mol. The van der Waals surface area contributed by atoms with E-state index in [1.54, 1.807) is 12.4 Å². The molecular weight excluding hydrogens is 227 g/mol. The van der Waals surface area contributed by atoms with E-state index >= 15 is 0 Å². The van der Waals surface area contributed by atoms with E-state index in [4.69, 9.17) is 11.6 Å². The van der Waals surface area contributed by atoms with Gasteiger partial charge in [-0.2, -0.15) is 0 Å². The van der Waals surface area contributed by atoms with Gasteiger partial charge in [-0.05, 0) is 15.9 Å². The number of anilines is 1. The van der Waals surface area contributed by atoms with Gasteiger partial charge in [-0.25, -0.2) is 0 Å². The molecule has 4 heteroatoms. The van der Waals surface area contributed by atoms with E-state index in [1.807, 2.05) is 19.0 Å². The first-order valence-corrected chi connectivity index (χ1v) is 4.26. The lowest BCUT2D eigenvalue weighted by Crippen LogP contribution is -2.10. The Morgan fingerprint density at radius 3 is 2.45 bits per heavy atom. The molecule has 0 aliphatic carbocycles. The largest absolute Gasteiger partial charge is 0.375 e. The van der Waals surface area contributed by atoms with Gasteiger partial charge >= 0.3 is 0 Å². The molecule has 0 unspecified atom stereocenters. The van der Waals surface area contributed by atoms with Gasteiger partial charge < -0.3 is 4.90 Å². The SMILES string of the molecule is CN(C)c1c(Cl)cncc1Br. The number of aromatic nitrogens is 1. The van der Waals surface area contributed by atoms with Crippen LogP contribution in [0.4, 0.5) is 5.69 Å². The Hall–Kier alpha value is -0.280. The van der Waals surface area contributed by atoms with E-state index in [9.17, 15) is 0 Å². The summed E-state index contributed by atoms with van der Waals surface area (Å²) in [6, 6.07) is 0. The van der Waals surface area contributed by atoms with Crippen LogP contribution in [0.1, 0.15) is 0 Å². The molecule has 0 saturated carbocycles. The zero-order chi connectivity index (χ0) is 8.43. The number of nitrogens with zero attached hydrogens (tertiary/aromatic N) is 2. The highest BCUT2D eigenvalue weighted by molar-refractivity contribution is 9.10. The fourth-order valence-electron chi connectivity index (χ4n) is 0.832. The number of hydrogen-bond acceptors (Lipinski definition) is 2. The molecule has 0 aliphatic rings. The van der Waals surface area contributed by atoms with Crippen LogP contribution in [0, 0.1) is 0 Å². The summed E-state index contributed by atoms with van der Waals surface area (Å²) < 4.78 is 0.912. The molecule has 0 atom stereocenters. The molecule has 0 amide bonds. The minimum atomic E-state index is 0.657. The molecule has 0 aliphatic heterocycles. The highest BCUT2D eigenvalue weighted by Crippen LogP contribution is 2.30. The topological polar surface area (TPSA) is 16.1 Å². The van der Waals surface area contributed by atoms with Gasteiger partial charge in [0.05, 0.1) is 15.2 Å². The summed E-state index contributed by atoms with van der Waals surface area (Å²) in [6.45, 7) is 0. The summed E-state index contributed by atoms with van der Waals surface area (Å²) in [5, 5.41) is 0.657. The van der Waals surface area contributed by atoms with Crippen molar-refractivity contribution in [2.24, 2.45) is 0 Å². The van der Waals surface area contributed by atoms with Crippen molar-refractivity contribution in [2.75, 3.05) is 19.0 Å². The summed E-state index contributed by atoms with van der Waals surface area (Å²) in [5.74, 6) is 0. The molecule has 0 aromatic carbocycles. The van der Waals surface area contributed by atoms with Crippen LogP contribution in [0.2, 0.25) is 5.02 Å². The van der Waals surface area contributed by atoms with Gasteiger partial charge in [-0.3, -0.25) is 4.98 Å². The first kappa shape index (κ1) is 8.81. The van der Waals surface area contributed by atoms with Crippen LogP contribution < -0.4 is 4.90 Å². The summed E-state index contributed by atoms with van der Waals surface area (Å²) in [4.78, 5) is 5.86. The van der Waals surface area contributed by atoms with Crippen LogP contribution in [-0.2, 0) is 0 Å². The number of halogens is 2. The van der Waals surface area contributed by atoms with E-state index in [-0.39, 0.29) is 0 Å². The van der Waals surface area contributed by atoms with E-state index in [2.05, 4.69) is 20.9 Å². The third-order valence-electron chi connectivity index (χ3n) is 1.28. The molecule has 0 N–H and O–H groups in total. The molecular formula is C7H8BrClN2. The predicted octanol–water partition coefficient (Wildman–Crippen LogP) is 2.56. The van der Waals surface area contributed by atoms with Crippen molar-refractivity contribution >= 4 is 33.2 Å². The first-order valence-electron chi connectivity index (χ1n) is 3.09. The molecule has 1 aromatic rings. The molecule has 0 spiro atoms. The fraction of sp³-hybridized carbons (Fsp3) is 0.286. The number of pyridine rings is 1. The van der Waals surface area contributed by atoms with Gasteiger partial charge in [0.1, 0.15) is 0 Å². The maximum atomic E-state index is 5.89. The van der Waals surface area contributed by atoms with E-state index < -0.39 is 0 Å². The lowest BCUT2D eigenvalue weighted by molar-refractivity contribution is 1.11. The highest BCUT2D eigenvalue weighted by atomic mass is 79.9. The first-order chi connectivity index (χ1) is 5.13. The van der Waals surface area contributed by atoms with Crippen LogP contribution in [0.3, 0.4) is 0 Å². The molecule has 60 valence electrons. The minimum absolute atomic E-state index is 0.657. The molecule has 1 aromatic heterocycles. The van der Waals surface area contributed by atoms with Crippen molar-refractivity contribution in [3.05, 3.63) is 21.9 Å². The summed E-state index contributed by atoms with van der Waals surface area (Å²) in [5.41, 5.74) is 0.960. The molecule has 1 heterocycles. The molecule has 0 radical (unpaired) electrons. The molecule has 1 rings (SSSR count). The van der Waals surface area contributed by atoms with E-state index in [0.717, 1.165) is 10.2 Å². The van der Waals surface area contributed by atoms with Crippen LogP contribution in [-0.4, -0.2) is 19.1 Å². The smallest absolute Gasteiger partial charge is 0.0834 e. The Kier molecular flexibility index (Phi) is 2.73. The number of hydrogen-bond donors (Lipinski definition) is 0. The van der Waals surface area contributed by atoms with Crippen molar-refractivity contribution in [1.82, 2.24) is 4.98 Å². The Bertz CT molecular complexity index is 242. The second kappa shape index (κ2) is 3.41. The molecule has 0 fully saturated rings. The molecule has 0 saturated heterocycles. The molecule has 0 bridgehead atoms. The van der Waals surface area contributed by atoms with Crippen molar-refractivity contribution in [2.45, 2.75) is 0 Å². The zero-order valence-electron chi connectivity index (χ0n) is 6.31.